The van der Waals surface area contributed by atoms with Gasteiger partial charge in [0.25, 0.3) is 0 Å². The van der Waals surface area contributed by atoms with Crippen molar-refractivity contribution in [2.75, 3.05) is 0 Å². The van der Waals surface area contributed by atoms with Crippen LogP contribution in [0.2, 0.25) is 0 Å². The van der Waals surface area contributed by atoms with Crippen LogP contribution in [0.4, 0.5) is 0 Å². The molecule has 0 aromatic carbocycles. The van der Waals surface area contributed by atoms with E-state index >= 15 is 0 Å². The Hall–Kier alpha value is -0.570. The average Bonchev–Trinajstić information content (AvgIpc) is 2.64. The summed E-state index contributed by atoms with van der Waals surface area (Å²) >= 11 is 0. The molecule has 3 heteroatoms. The molecule has 1 aliphatic carbocycles. The summed E-state index contributed by atoms with van der Waals surface area (Å²) < 4.78 is 23.2. The molecule has 2 aliphatic heterocycles. The van der Waals surface area contributed by atoms with Crippen molar-refractivity contribution in [2.24, 2.45) is 11.8 Å². The van der Waals surface area contributed by atoms with E-state index in [1.807, 2.05) is 19.1 Å². The summed E-state index contributed by atoms with van der Waals surface area (Å²) in [6.45, 7) is 1.87. The molecule has 1 fully saturated rings. The van der Waals surface area contributed by atoms with Crippen LogP contribution in [0.5, 0.6) is 0 Å². The summed E-state index contributed by atoms with van der Waals surface area (Å²) in [6.07, 6.45) is 7.78. The van der Waals surface area contributed by atoms with Crippen LogP contribution < -0.4 is 0 Å². The number of hydrogen-bond donors (Lipinski definition) is 0. The van der Waals surface area contributed by atoms with E-state index in [1.54, 1.807) is 0 Å². The van der Waals surface area contributed by atoms with Crippen molar-refractivity contribution < 1.29 is 8.42 Å². The van der Waals surface area contributed by atoms with Crippen LogP contribution in [0.1, 0.15) is 6.92 Å². The third-order valence-corrected chi connectivity index (χ3v) is 6.39. The molecule has 1 saturated carbocycles. The maximum absolute atomic E-state index is 11.8. The van der Waals surface area contributed by atoms with E-state index in [1.165, 1.54) is 0 Å². The van der Waals surface area contributed by atoms with Gasteiger partial charge in [0, 0.05) is 11.8 Å². The van der Waals surface area contributed by atoms with E-state index in [9.17, 15) is 8.42 Å². The van der Waals surface area contributed by atoms with Gasteiger partial charge in [0.05, 0.1) is 10.00 Å². The Morgan fingerprint density at radius 3 is 2.00 bits per heavy atom. The molecule has 0 amide bonds. The molecule has 0 aromatic heterocycles. The lowest BCUT2D eigenvalue weighted by Gasteiger charge is -2.22. The highest BCUT2D eigenvalue weighted by atomic mass is 32.2. The number of allylic oxidation sites excluding steroid dienone is 2. The van der Waals surface area contributed by atoms with Crippen LogP contribution in [0.15, 0.2) is 24.3 Å². The fourth-order valence-electron chi connectivity index (χ4n) is 2.58. The second kappa shape index (κ2) is 1.55. The van der Waals surface area contributed by atoms with Crippen molar-refractivity contribution in [3.63, 3.8) is 0 Å². The van der Waals surface area contributed by atoms with Crippen LogP contribution in [0, 0.1) is 11.8 Å². The predicted molar refractivity (Wildman–Crippen MR) is 46.4 cm³/mol. The first-order valence-electron chi connectivity index (χ1n) is 4.18. The van der Waals surface area contributed by atoms with E-state index in [4.69, 9.17) is 0 Å². The largest absolute Gasteiger partial charge is 0.227 e. The molecule has 2 heterocycles. The highest BCUT2D eigenvalue weighted by Crippen LogP contribution is 2.63. The van der Waals surface area contributed by atoms with Crippen molar-refractivity contribution in [3.05, 3.63) is 24.3 Å². The first kappa shape index (κ1) is 6.89. The smallest absolute Gasteiger partial charge is 0.166 e. The zero-order chi connectivity index (χ0) is 8.56. The van der Waals surface area contributed by atoms with Gasteiger partial charge < -0.3 is 0 Å². The quantitative estimate of drug-likeness (QED) is 0.522. The van der Waals surface area contributed by atoms with Gasteiger partial charge >= 0.3 is 0 Å². The molecule has 3 rings (SSSR count). The molecule has 2 nitrogen and oxygen atoms in total. The van der Waals surface area contributed by atoms with Gasteiger partial charge in [-0.15, -0.1) is 0 Å². The summed E-state index contributed by atoms with van der Waals surface area (Å²) in [4.78, 5) is 0. The molecule has 0 aromatic rings. The van der Waals surface area contributed by atoms with E-state index in [0.29, 0.717) is 0 Å². The van der Waals surface area contributed by atoms with Crippen molar-refractivity contribution in [1.29, 1.82) is 0 Å². The SMILES string of the molecule is CC12C3C=CC(C=CC31)S2(=O)=O. The zero-order valence-electron chi connectivity index (χ0n) is 6.77. The molecule has 2 bridgehead atoms. The minimum Gasteiger partial charge on any atom is -0.227 e. The monoisotopic (exact) mass is 182 g/mol. The molecule has 2 unspecified atom stereocenters. The standard InChI is InChI=1S/C9H10O2S/c1-9-7-4-2-6(12(9,10)11)3-5-8(7)9/h2-8H,1H3. The Bertz CT molecular complexity index is 382. The minimum atomic E-state index is -2.90. The van der Waals surface area contributed by atoms with Crippen LogP contribution in [0.25, 0.3) is 0 Å². The molecule has 0 spiro atoms. The third kappa shape index (κ3) is 0.454. The van der Waals surface area contributed by atoms with Crippen molar-refractivity contribution in [3.8, 4) is 0 Å². The van der Waals surface area contributed by atoms with Gasteiger partial charge in [-0.3, -0.25) is 0 Å². The summed E-state index contributed by atoms with van der Waals surface area (Å²) in [5.74, 6) is 0.523. The molecule has 0 saturated heterocycles. The Morgan fingerprint density at radius 2 is 1.58 bits per heavy atom. The molecular formula is C9H10O2S. The molecule has 3 aliphatic rings. The number of rotatable bonds is 0. The maximum Gasteiger partial charge on any atom is 0.166 e. The second-order valence-electron chi connectivity index (χ2n) is 4.01. The highest BCUT2D eigenvalue weighted by molar-refractivity contribution is 7.94. The molecular weight excluding hydrogens is 172 g/mol. The molecule has 12 heavy (non-hydrogen) atoms. The van der Waals surface area contributed by atoms with Gasteiger partial charge in [0.2, 0.25) is 0 Å². The summed E-state index contributed by atoms with van der Waals surface area (Å²) in [6, 6.07) is 0. The van der Waals surface area contributed by atoms with Gasteiger partial charge in [0.1, 0.15) is 0 Å². The zero-order valence-corrected chi connectivity index (χ0v) is 7.58. The molecule has 2 atom stereocenters. The summed E-state index contributed by atoms with van der Waals surface area (Å²) in [5.41, 5.74) is 0. The van der Waals surface area contributed by atoms with Crippen LogP contribution in [0.3, 0.4) is 0 Å². The molecule has 0 N–H and O–H groups in total. The topological polar surface area (TPSA) is 34.1 Å². The van der Waals surface area contributed by atoms with Crippen LogP contribution in [-0.4, -0.2) is 18.4 Å². The lowest BCUT2D eigenvalue weighted by molar-refractivity contribution is 0.570. The summed E-state index contributed by atoms with van der Waals surface area (Å²) in [5, 5.41) is -0.336. The fraction of sp³-hybridized carbons (Fsp3) is 0.556. The van der Waals surface area contributed by atoms with Gasteiger partial charge in [-0.05, 0) is 6.92 Å². The summed E-state index contributed by atoms with van der Waals surface area (Å²) in [7, 11) is -2.90. The van der Waals surface area contributed by atoms with Gasteiger partial charge in [-0.2, -0.15) is 0 Å². The van der Waals surface area contributed by atoms with Crippen molar-refractivity contribution >= 4 is 9.84 Å². The van der Waals surface area contributed by atoms with Gasteiger partial charge in [0.15, 0.2) is 9.84 Å². The van der Waals surface area contributed by atoms with Gasteiger partial charge in [-0.1, -0.05) is 24.3 Å². The first-order valence-corrected chi connectivity index (χ1v) is 5.73. The van der Waals surface area contributed by atoms with Crippen molar-refractivity contribution in [2.45, 2.75) is 16.9 Å². The maximum atomic E-state index is 11.8. The molecule has 64 valence electrons. The van der Waals surface area contributed by atoms with E-state index in [-0.39, 0.29) is 17.1 Å². The van der Waals surface area contributed by atoms with Crippen molar-refractivity contribution in [1.82, 2.24) is 0 Å². The van der Waals surface area contributed by atoms with Gasteiger partial charge in [-0.25, -0.2) is 8.42 Å². The van der Waals surface area contributed by atoms with E-state index < -0.39 is 14.6 Å². The Balaban J connectivity index is 2.37. The number of hydrogen-bond acceptors (Lipinski definition) is 2. The van der Waals surface area contributed by atoms with Crippen LogP contribution in [-0.2, 0) is 9.84 Å². The van der Waals surface area contributed by atoms with E-state index in [0.717, 1.165) is 0 Å². The lowest BCUT2D eigenvalue weighted by atomic mass is 10.2. The Morgan fingerprint density at radius 1 is 1.08 bits per heavy atom. The second-order valence-corrected chi connectivity index (χ2v) is 6.53. The number of sulfone groups is 1. The molecule has 0 radical (unpaired) electrons. The predicted octanol–water partition coefficient (Wildman–Crippen LogP) is 0.914. The minimum absolute atomic E-state index is 0.262. The fourth-order valence-corrected chi connectivity index (χ4v) is 4.90. The lowest BCUT2D eigenvalue weighted by Crippen LogP contribution is -2.35. The Kier molecular flexibility index (Phi) is 0.893. The first-order chi connectivity index (χ1) is 5.58. The number of fused-ring (bicyclic) bond motifs is 2. The normalized spacial score (nSPS) is 56.9. The Labute approximate surface area is 71.9 Å². The third-order valence-electron chi connectivity index (χ3n) is 3.59. The van der Waals surface area contributed by atoms with E-state index in [2.05, 4.69) is 12.2 Å². The van der Waals surface area contributed by atoms with Crippen LogP contribution >= 0.6 is 0 Å². The average molecular weight is 182 g/mol. The highest BCUT2D eigenvalue weighted by Gasteiger charge is 2.71.